The summed E-state index contributed by atoms with van der Waals surface area (Å²) in [6, 6.07) is 14.1. The van der Waals surface area contributed by atoms with E-state index in [2.05, 4.69) is 15.6 Å². The molecule has 5 rings (SSSR count). The number of methoxy groups -OCH3 is 1. The van der Waals surface area contributed by atoms with Crippen LogP contribution in [-0.4, -0.2) is 44.0 Å². The highest BCUT2D eigenvalue weighted by Crippen LogP contribution is 2.35. The molecule has 1 aliphatic rings. The van der Waals surface area contributed by atoms with Crippen LogP contribution in [0.15, 0.2) is 90.0 Å². The molecule has 4 aromatic rings. The third-order valence-corrected chi connectivity index (χ3v) is 7.03. The molecular weight excluding hydrogens is 586 g/mol. The van der Waals surface area contributed by atoms with Gasteiger partial charge < -0.3 is 24.8 Å². The van der Waals surface area contributed by atoms with Crippen molar-refractivity contribution in [2.75, 3.05) is 31.0 Å². The van der Waals surface area contributed by atoms with Crippen molar-refractivity contribution in [1.82, 2.24) is 10.3 Å². The molecule has 0 bridgehead atoms. The number of pyridine rings is 1. The maximum absolute atomic E-state index is 15.2. The number of fused-ring (bicyclic) bond motifs is 1. The molecule has 1 aliphatic heterocycles. The normalized spacial score (nSPS) is 14.5. The van der Waals surface area contributed by atoms with Gasteiger partial charge in [0.05, 0.1) is 30.4 Å². The van der Waals surface area contributed by atoms with E-state index in [0.717, 1.165) is 6.07 Å². The van der Waals surface area contributed by atoms with Crippen molar-refractivity contribution in [2.24, 2.45) is 0 Å². The number of amides is 3. The molecule has 12 heteroatoms. The molecule has 0 unspecified atom stereocenters. The molecule has 0 aliphatic carbocycles. The highest BCUT2D eigenvalue weighted by Gasteiger charge is 2.23. The monoisotopic (exact) mass is 614 g/mol. The molecule has 0 atom stereocenters. The number of benzene rings is 3. The van der Waals surface area contributed by atoms with Gasteiger partial charge in [-0.1, -0.05) is 0 Å². The van der Waals surface area contributed by atoms with Gasteiger partial charge in [0.15, 0.2) is 11.6 Å². The minimum atomic E-state index is -0.740. The smallest absolute Gasteiger partial charge is 0.255 e. The lowest BCUT2D eigenvalue weighted by Crippen LogP contribution is -2.18. The van der Waals surface area contributed by atoms with Gasteiger partial charge in [0.1, 0.15) is 23.1 Å². The first-order valence-electron chi connectivity index (χ1n) is 13.7. The Kier molecular flexibility index (Phi) is 9.03. The largest absolute Gasteiger partial charge is 0.496 e. The van der Waals surface area contributed by atoms with Crippen LogP contribution in [0, 0.1) is 11.6 Å². The van der Waals surface area contributed by atoms with Gasteiger partial charge in [-0.15, -0.1) is 0 Å². The predicted molar refractivity (Wildman–Crippen MR) is 163 cm³/mol. The first-order chi connectivity index (χ1) is 21.7. The summed E-state index contributed by atoms with van der Waals surface area (Å²) >= 11 is 0. The topological polar surface area (TPSA) is 119 Å². The minimum Gasteiger partial charge on any atom is -0.496 e. The van der Waals surface area contributed by atoms with E-state index < -0.39 is 17.5 Å². The quantitative estimate of drug-likeness (QED) is 0.179. The third kappa shape index (κ3) is 6.59. The number of hydrogen-bond acceptors (Lipinski definition) is 7. The van der Waals surface area contributed by atoms with Crippen LogP contribution in [0.5, 0.6) is 17.2 Å². The van der Waals surface area contributed by atoms with Crippen LogP contribution in [0.25, 0.3) is 10.9 Å². The summed E-state index contributed by atoms with van der Waals surface area (Å²) in [5.74, 6) is -1.31. The van der Waals surface area contributed by atoms with E-state index in [1.807, 2.05) is 0 Å². The SMILES string of the molecule is CNC(=O)c1cc2nccc(Oc3ccc(NC(=O)/C(C)=C4\OCC\C4=C\N(C=O)c4ccc(F)cc4)cc3F)c2cc1OC. The Labute approximate surface area is 256 Å². The highest BCUT2D eigenvalue weighted by molar-refractivity contribution is 6.04. The second-order valence-electron chi connectivity index (χ2n) is 9.86. The van der Waals surface area contributed by atoms with Crippen molar-refractivity contribution >= 4 is 40.5 Å². The number of hydrogen-bond donors (Lipinski definition) is 2. The van der Waals surface area contributed by atoms with Crippen molar-refractivity contribution in [3.63, 3.8) is 0 Å². The number of ether oxygens (including phenoxy) is 3. The number of nitrogens with one attached hydrogen (secondary N) is 2. The molecule has 2 N–H and O–H groups in total. The first-order valence-corrected chi connectivity index (χ1v) is 13.7. The van der Waals surface area contributed by atoms with E-state index >= 15 is 4.39 Å². The number of carbonyl (C=O) groups excluding carboxylic acids is 3. The van der Waals surface area contributed by atoms with Crippen LogP contribution < -0.4 is 25.0 Å². The molecule has 0 radical (unpaired) electrons. The maximum Gasteiger partial charge on any atom is 0.255 e. The Morgan fingerprint density at radius 1 is 1.02 bits per heavy atom. The maximum atomic E-state index is 15.2. The van der Waals surface area contributed by atoms with E-state index in [9.17, 15) is 18.8 Å². The molecule has 3 amide bonds. The number of carbonyl (C=O) groups is 3. The van der Waals surface area contributed by atoms with Crippen molar-refractivity contribution < 1.29 is 37.4 Å². The fourth-order valence-electron chi connectivity index (χ4n) is 4.71. The predicted octanol–water partition coefficient (Wildman–Crippen LogP) is 5.85. The summed E-state index contributed by atoms with van der Waals surface area (Å²) < 4.78 is 45.5. The Morgan fingerprint density at radius 3 is 2.49 bits per heavy atom. The van der Waals surface area contributed by atoms with Crippen molar-refractivity contribution in [2.45, 2.75) is 13.3 Å². The Hall–Kier alpha value is -5.78. The van der Waals surface area contributed by atoms with Gasteiger partial charge in [0, 0.05) is 54.3 Å². The molecule has 1 aromatic heterocycles. The molecule has 1 saturated heterocycles. The Morgan fingerprint density at radius 2 is 1.80 bits per heavy atom. The number of anilines is 2. The zero-order valence-electron chi connectivity index (χ0n) is 24.5. The fourth-order valence-corrected chi connectivity index (χ4v) is 4.71. The number of rotatable bonds is 9. The summed E-state index contributed by atoms with van der Waals surface area (Å²) in [5.41, 5.74) is 2.16. The zero-order valence-corrected chi connectivity index (χ0v) is 24.5. The molecule has 45 heavy (non-hydrogen) atoms. The van der Waals surface area contributed by atoms with Crippen molar-refractivity contribution in [1.29, 1.82) is 0 Å². The van der Waals surface area contributed by atoms with Crippen LogP contribution in [-0.2, 0) is 14.3 Å². The van der Waals surface area contributed by atoms with Crippen LogP contribution in [0.3, 0.4) is 0 Å². The molecular formula is C33H28F2N4O6. The standard InChI is InChI=1S/C33H28F2N4O6/c1-19(31-20(11-13-44-31)17-39(18-40)23-7-4-21(34)5-8-23)32(41)38-22-6-9-29(26(35)14-22)45-28-10-12-37-27-15-25(33(42)36-2)30(43-3)16-24(27)28/h4-10,12,14-18H,11,13H2,1-3H3,(H,36,42)(H,38,41)/b20-17-,31-19-. The van der Waals surface area contributed by atoms with Crippen LogP contribution >= 0.6 is 0 Å². The molecule has 10 nitrogen and oxygen atoms in total. The van der Waals surface area contributed by atoms with Crippen LogP contribution in [0.4, 0.5) is 20.2 Å². The van der Waals surface area contributed by atoms with E-state index in [1.165, 1.54) is 67.9 Å². The number of halogens is 2. The summed E-state index contributed by atoms with van der Waals surface area (Å²) in [5, 5.41) is 5.70. The summed E-state index contributed by atoms with van der Waals surface area (Å²) in [6.07, 6.45) is 4.02. The molecule has 2 heterocycles. The van der Waals surface area contributed by atoms with E-state index in [4.69, 9.17) is 14.2 Å². The molecule has 3 aromatic carbocycles. The van der Waals surface area contributed by atoms with Gasteiger partial charge >= 0.3 is 0 Å². The van der Waals surface area contributed by atoms with Gasteiger partial charge in [-0.25, -0.2) is 8.78 Å². The molecule has 1 fully saturated rings. The average Bonchev–Trinajstić information content (AvgIpc) is 3.52. The fraction of sp³-hybridized carbons (Fsp3) is 0.152. The molecule has 230 valence electrons. The highest BCUT2D eigenvalue weighted by atomic mass is 19.1. The molecule has 0 saturated carbocycles. The Balaban J connectivity index is 1.35. The van der Waals surface area contributed by atoms with E-state index in [1.54, 1.807) is 25.1 Å². The zero-order chi connectivity index (χ0) is 32.1. The lowest BCUT2D eigenvalue weighted by Gasteiger charge is -2.15. The van der Waals surface area contributed by atoms with Crippen molar-refractivity contribution in [3.05, 3.63) is 107 Å². The Bertz CT molecular complexity index is 1860. The molecule has 0 spiro atoms. The lowest BCUT2D eigenvalue weighted by atomic mass is 10.1. The summed E-state index contributed by atoms with van der Waals surface area (Å²) in [7, 11) is 2.93. The lowest BCUT2D eigenvalue weighted by molar-refractivity contribution is -0.113. The second kappa shape index (κ2) is 13.2. The van der Waals surface area contributed by atoms with E-state index in [0.29, 0.717) is 53.1 Å². The first kappa shape index (κ1) is 30.7. The van der Waals surface area contributed by atoms with Gasteiger partial charge in [-0.2, -0.15) is 0 Å². The number of aromatic nitrogens is 1. The van der Waals surface area contributed by atoms with Gasteiger partial charge in [0.25, 0.3) is 11.8 Å². The van der Waals surface area contributed by atoms with Crippen molar-refractivity contribution in [3.8, 4) is 17.2 Å². The summed E-state index contributed by atoms with van der Waals surface area (Å²) in [4.78, 5) is 42.6. The van der Waals surface area contributed by atoms with Gasteiger partial charge in [0.2, 0.25) is 6.41 Å². The second-order valence-corrected chi connectivity index (χ2v) is 9.86. The van der Waals surface area contributed by atoms with Gasteiger partial charge in [-0.05, 0) is 61.5 Å². The van der Waals surface area contributed by atoms with Gasteiger partial charge in [-0.3, -0.25) is 24.3 Å². The van der Waals surface area contributed by atoms with Crippen LogP contribution in [0.1, 0.15) is 23.7 Å². The minimum absolute atomic E-state index is 0.107. The van der Waals surface area contributed by atoms with E-state index in [-0.39, 0.29) is 34.2 Å². The third-order valence-electron chi connectivity index (χ3n) is 7.03. The number of allylic oxidation sites excluding steroid dienone is 1. The average molecular weight is 615 g/mol. The summed E-state index contributed by atoms with van der Waals surface area (Å²) in [6.45, 7) is 1.85. The number of nitrogens with zero attached hydrogens (tertiary/aromatic N) is 2. The van der Waals surface area contributed by atoms with Crippen LogP contribution in [0.2, 0.25) is 0 Å².